The summed E-state index contributed by atoms with van der Waals surface area (Å²) in [4.78, 5) is 0. The molecule has 2 atom stereocenters. The van der Waals surface area contributed by atoms with Crippen molar-refractivity contribution < 1.29 is 13.9 Å². The van der Waals surface area contributed by atoms with Crippen LogP contribution in [0.3, 0.4) is 0 Å². The van der Waals surface area contributed by atoms with Gasteiger partial charge in [0.25, 0.3) is 0 Å². The van der Waals surface area contributed by atoms with Gasteiger partial charge in [0.1, 0.15) is 5.76 Å². The van der Waals surface area contributed by atoms with Crippen LogP contribution in [0.4, 0.5) is 0 Å². The lowest BCUT2D eigenvalue weighted by Gasteiger charge is -2.20. The first-order chi connectivity index (χ1) is 9.65. The van der Waals surface area contributed by atoms with E-state index in [-0.39, 0.29) is 12.1 Å². The van der Waals surface area contributed by atoms with Gasteiger partial charge in [0, 0.05) is 6.04 Å². The molecule has 0 aliphatic rings. The summed E-state index contributed by atoms with van der Waals surface area (Å²) in [5, 5.41) is 3.50. The monoisotopic (exact) mass is 275 g/mol. The Morgan fingerprint density at radius 3 is 2.35 bits per heavy atom. The molecule has 0 saturated carbocycles. The van der Waals surface area contributed by atoms with Crippen molar-refractivity contribution >= 4 is 0 Å². The van der Waals surface area contributed by atoms with Crippen LogP contribution < -0.4 is 14.8 Å². The van der Waals surface area contributed by atoms with Crippen LogP contribution in [0.5, 0.6) is 11.5 Å². The van der Waals surface area contributed by atoms with Crippen molar-refractivity contribution in [1.29, 1.82) is 0 Å². The molecule has 4 heteroatoms. The molecule has 20 heavy (non-hydrogen) atoms. The van der Waals surface area contributed by atoms with Gasteiger partial charge in [-0.3, -0.25) is 0 Å². The number of hydrogen-bond acceptors (Lipinski definition) is 4. The Bertz CT molecular complexity index is 537. The Hall–Kier alpha value is -1.94. The van der Waals surface area contributed by atoms with Crippen LogP contribution in [0.15, 0.2) is 41.0 Å². The van der Waals surface area contributed by atoms with Crippen LogP contribution >= 0.6 is 0 Å². The summed E-state index contributed by atoms with van der Waals surface area (Å²) < 4.78 is 16.0. The molecule has 1 heterocycles. The molecule has 0 amide bonds. The van der Waals surface area contributed by atoms with Gasteiger partial charge < -0.3 is 19.2 Å². The van der Waals surface area contributed by atoms with Crippen LogP contribution in [-0.4, -0.2) is 14.2 Å². The molecule has 0 spiro atoms. The average Bonchev–Trinajstić information content (AvgIpc) is 3.00. The van der Waals surface area contributed by atoms with Crippen LogP contribution in [0.1, 0.15) is 37.3 Å². The molecule has 2 aromatic rings. The lowest BCUT2D eigenvalue weighted by Crippen LogP contribution is -2.22. The fourth-order valence-corrected chi connectivity index (χ4v) is 2.21. The lowest BCUT2D eigenvalue weighted by molar-refractivity contribution is 0.353. The average molecular weight is 275 g/mol. The van der Waals surface area contributed by atoms with E-state index in [9.17, 15) is 0 Å². The molecule has 0 aliphatic carbocycles. The number of ether oxygens (including phenoxy) is 2. The minimum absolute atomic E-state index is 0.146. The van der Waals surface area contributed by atoms with E-state index in [0.29, 0.717) is 0 Å². The van der Waals surface area contributed by atoms with Crippen LogP contribution in [0.25, 0.3) is 0 Å². The third-order valence-electron chi connectivity index (χ3n) is 3.38. The second kappa shape index (κ2) is 6.48. The summed E-state index contributed by atoms with van der Waals surface area (Å²) in [6, 6.07) is 10.1. The second-order valence-corrected chi connectivity index (χ2v) is 4.74. The third-order valence-corrected chi connectivity index (χ3v) is 3.38. The zero-order valence-corrected chi connectivity index (χ0v) is 12.3. The Labute approximate surface area is 119 Å². The highest BCUT2D eigenvalue weighted by Crippen LogP contribution is 2.30. The molecule has 4 nitrogen and oxygen atoms in total. The third kappa shape index (κ3) is 3.14. The van der Waals surface area contributed by atoms with E-state index >= 15 is 0 Å². The molecule has 1 N–H and O–H groups in total. The first-order valence-corrected chi connectivity index (χ1v) is 6.67. The largest absolute Gasteiger partial charge is 0.493 e. The molecular weight excluding hydrogens is 254 g/mol. The normalized spacial score (nSPS) is 13.8. The Kier molecular flexibility index (Phi) is 4.69. The number of hydrogen-bond donors (Lipinski definition) is 1. The van der Waals surface area contributed by atoms with Crippen molar-refractivity contribution in [2.24, 2.45) is 0 Å². The fraction of sp³-hybridized carbons (Fsp3) is 0.375. The summed E-state index contributed by atoms with van der Waals surface area (Å²) in [6.45, 7) is 4.19. The molecular formula is C16H21NO3. The van der Waals surface area contributed by atoms with Gasteiger partial charge in [-0.15, -0.1) is 0 Å². The van der Waals surface area contributed by atoms with Gasteiger partial charge >= 0.3 is 0 Å². The van der Waals surface area contributed by atoms with Gasteiger partial charge in [0.15, 0.2) is 11.5 Å². The van der Waals surface area contributed by atoms with E-state index < -0.39 is 0 Å². The predicted octanol–water partition coefficient (Wildman–Crippen LogP) is 3.71. The van der Waals surface area contributed by atoms with E-state index in [1.807, 2.05) is 30.3 Å². The maximum atomic E-state index is 5.41. The van der Waals surface area contributed by atoms with Crippen molar-refractivity contribution in [1.82, 2.24) is 5.32 Å². The smallest absolute Gasteiger partial charge is 0.161 e. The van der Waals surface area contributed by atoms with Crippen LogP contribution in [0, 0.1) is 0 Å². The summed E-state index contributed by atoms with van der Waals surface area (Å²) in [5.74, 6) is 2.41. The topological polar surface area (TPSA) is 43.6 Å². The van der Waals surface area contributed by atoms with Crippen molar-refractivity contribution in [3.63, 3.8) is 0 Å². The number of furan rings is 1. The van der Waals surface area contributed by atoms with E-state index in [2.05, 4.69) is 19.2 Å². The zero-order valence-electron chi connectivity index (χ0n) is 12.3. The molecule has 0 saturated heterocycles. The van der Waals surface area contributed by atoms with E-state index in [0.717, 1.165) is 22.8 Å². The van der Waals surface area contributed by atoms with E-state index in [4.69, 9.17) is 13.9 Å². The molecule has 0 aliphatic heterocycles. The maximum absolute atomic E-state index is 5.41. The van der Waals surface area contributed by atoms with Crippen molar-refractivity contribution in [3.8, 4) is 11.5 Å². The highest BCUT2D eigenvalue weighted by molar-refractivity contribution is 5.43. The number of nitrogens with one attached hydrogen (secondary N) is 1. The molecule has 1 aromatic heterocycles. The van der Waals surface area contributed by atoms with E-state index in [1.54, 1.807) is 20.5 Å². The minimum atomic E-state index is 0.146. The molecule has 2 rings (SSSR count). The van der Waals surface area contributed by atoms with Crippen LogP contribution in [-0.2, 0) is 0 Å². The molecule has 0 bridgehead atoms. The molecule has 0 fully saturated rings. The van der Waals surface area contributed by atoms with Gasteiger partial charge in [-0.05, 0) is 43.7 Å². The second-order valence-electron chi connectivity index (χ2n) is 4.74. The maximum Gasteiger partial charge on any atom is 0.161 e. The minimum Gasteiger partial charge on any atom is -0.493 e. The first-order valence-electron chi connectivity index (χ1n) is 6.67. The summed E-state index contributed by atoms with van der Waals surface area (Å²) >= 11 is 0. The number of rotatable bonds is 6. The van der Waals surface area contributed by atoms with Crippen molar-refractivity contribution in [2.75, 3.05) is 14.2 Å². The van der Waals surface area contributed by atoms with Gasteiger partial charge in [-0.1, -0.05) is 6.07 Å². The zero-order chi connectivity index (χ0) is 14.5. The standard InChI is InChI=1S/C16H21NO3/c1-11(17-12(2)14-6-5-9-20-14)13-7-8-15(18-3)16(10-13)19-4/h5-12,17H,1-4H3/t11?,12-/m1/s1. The first kappa shape index (κ1) is 14.5. The Morgan fingerprint density at radius 1 is 1.00 bits per heavy atom. The molecule has 1 unspecified atom stereocenters. The number of methoxy groups -OCH3 is 2. The van der Waals surface area contributed by atoms with Gasteiger partial charge in [0.2, 0.25) is 0 Å². The quantitative estimate of drug-likeness (QED) is 0.872. The summed E-state index contributed by atoms with van der Waals surface area (Å²) in [6.07, 6.45) is 1.69. The van der Waals surface area contributed by atoms with Crippen molar-refractivity contribution in [3.05, 3.63) is 47.9 Å². The van der Waals surface area contributed by atoms with Gasteiger partial charge in [-0.25, -0.2) is 0 Å². The fourth-order valence-electron chi connectivity index (χ4n) is 2.21. The van der Waals surface area contributed by atoms with E-state index in [1.165, 1.54) is 0 Å². The van der Waals surface area contributed by atoms with Gasteiger partial charge in [-0.2, -0.15) is 0 Å². The summed E-state index contributed by atoms with van der Waals surface area (Å²) in [7, 11) is 3.28. The molecule has 0 radical (unpaired) electrons. The summed E-state index contributed by atoms with van der Waals surface area (Å²) in [5.41, 5.74) is 1.14. The predicted molar refractivity (Wildman–Crippen MR) is 78.2 cm³/mol. The lowest BCUT2D eigenvalue weighted by atomic mass is 10.1. The molecule has 1 aromatic carbocycles. The highest BCUT2D eigenvalue weighted by Gasteiger charge is 2.14. The SMILES string of the molecule is COc1ccc(C(C)N[C@H](C)c2ccco2)cc1OC. The van der Waals surface area contributed by atoms with Crippen LogP contribution in [0.2, 0.25) is 0 Å². The van der Waals surface area contributed by atoms with Crippen molar-refractivity contribution in [2.45, 2.75) is 25.9 Å². The van der Waals surface area contributed by atoms with Gasteiger partial charge in [0.05, 0.1) is 26.5 Å². The Balaban J connectivity index is 2.11. The number of benzene rings is 1. The Morgan fingerprint density at radius 2 is 1.75 bits per heavy atom. The molecule has 108 valence electrons. The highest BCUT2D eigenvalue weighted by atomic mass is 16.5.